The van der Waals surface area contributed by atoms with E-state index in [2.05, 4.69) is 15.9 Å². The number of benzene rings is 1. The third-order valence-electron chi connectivity index (χ3n) is 2.15. The van der Waals surface area contributed by atoms with Gasteiger partial charge in [-0.2, -0.15) is 0 Å². The molecule has 1 aromatic rings. The average Bonchev–Trinajstić information content (AvgIpc) is 2.27. The lowest BCUT2D eigenvalue weighted by molar-refractivity contribution is -0.114. The van der Waals surface area contributed by atoms with Gasteiger partial charge in [-0.3, -0.25) is 4.79 Å². The van der Waals surface area contributed by atoms with Gasteiger partial charge in [0.05, 0.1) is 7.11 Å². The van der Waals surface area contributed by atoms with Crippen LogP contribution in [0.15, 0.2) is 34.8 Å². The lowest BCUT2D eigenvalue weighted by Gasteiger charge is -2.07. The number of allylic oxidation sites excluding steroid dienone is 2. The summed E-state index contributed by atoms with van der Waals surface area (Å²) >= 11 is 3.38. The van der Waals surface area contributed by atoms with E-state index in [4.69, 9.17) is 4.74 Å². The van der Waals surface area contributed by atoms with Gasteiger partial charge in [0.15, 0.2) is 5.78 Å². The summed E-state index contributed by atoms with van der Waals surface area (Å²) in [5, 5.41) is 0. The van der Waals surface area contributed by atoms with Crippen molar-refractivity contribution < 1.29 is 9.53 Å². The Bertz CT molecular complexity index is 397. The second-order valence-corrected chi connectivity index (χ2v) is 4.33. The monoisotopic (exact) mass is 282 g/mol. The minimum Gasteiger partial charge on any atom is -0.496 e. The van der Waals surface area contributed by atoms with Crippen LogP contribution < -0.4 is 4.74 Å². The molecule has 0 radical (unpaired) electrons. The normalized spacial score (nSPS) is 10.7. The van der Waals surface area contributed by atoms with Gasteiger partial charge in [-0.05, 0) is 30.7 Å². The number of halogens is 1. The molecule has 0 aliphatic heterocycles. The maximum Gasteiger partial charge on any atom is 0.159 e. The van der Waals surface area contributed by atoms with E-state index >= 15 is 0 Å². The van der Waals surface area contributed by atoms with Crippen LogP contribution in [-0.2, 0) is 11.2 Å². The molecule has 0 saturated heterocycles. The second-order valence-electron chi connectivity index (χ2n) is 3.41. The van der Waals surface area contributed by atoms with Crippen LogP contribution in [-0.4, -0.2) is 12.9 Å². The fourth-order valence-electron chi connectivity index (χ4n) is 1.38. The highest BCUT2D eigenvalue weighted by Gasteiger charge is 2.07. The molecule has 1 aromatic carbocycles. The first-order chi connectivity index (χ1) is 7.67. The van der Waals surface area contributed by atoms with Gasteiger partial charge in [-0.15, -0.1) is 0 Å². The average molecular weight is 283 g/mol. The number of carbonyl (C=O) groups is 1. The van der Waals surface area contributed by atoms with Crippen LogP contribution in [0.25, 0.3) is 0 Å². The molecule has 86 valence electrons. The highest BCUT2D eigenvalue weighted by Crippen LogP contribution is 2.23. The van der Waals surface area contributed by atoms with Gasteiger partial charge in [-0.1, -0.05) is 28.9 Å². The van der Waals surface area contributed by atoms with Gasteiger partial charge in [0.25, 0.3) is 0 Å². The summed E-state index contributed by atoms with van der Waals surface area (Å²) in [4.78, 5) is 11.6. The van der Waals surface area contributed by atoms with E-state index in [0.717, 1.165) is 22.2 Å². The summed E-state index contributed by atoms with van der Waals surface area (Å²) in [5.41, 5.74) is 0.905. The van der Waals surface area contributed by atoms with Crippen molar-refractivity contribution in [2.45, 2.75) is 19.8 Å². The molecule has 0 aliphatic rings. The fourth-order valence-corrected chi connectivity index (χ4v) is 1.79. The van der Waals surface area contributed by atoms with Gasteiger partial charge in [0.1, 0.15) is 5.75 Å². The third kappa shape index (κ3) is 3.81. The smallest absolute Gasteiger partial charge is 0.159 e. The highest BCUT2D eigenvalue weighted by molar-refractivity contribution is 9.10. The van der Waals surface area contributed by atoms with Gasteiger partial charge in [0, 0.05) is 16.5 Å². The Morgan fingerprint density at radius 1 is 1.50 bits per heavy atom. The van der Waals surface area contributed by atoms with Crippen molar-refractivity contribution in [1.29, 1.82) is 0 Å². The van der Waals surface area contributed by atoms with Crippen molar-refractivity contribution >= 4 is 21.7 Å². The summed E-state index contributed by atoms with van der Waals surface area (Å²) < 4.78 is 6.16. The van der Waals surface area contributed by atoms with Gasteiger partial charge in [0.2, 0.25) is 0 Å². The lowest BCUT2D eigenvalue weighted by atomic mass is 10.1. The highest BCUT2D eigenvalue weighted by atomic mass is 79.9. The van der Waals surface area contributed by atoms with Crippen LogP contribution in [0.3, 0.4) is 0 Å². The molecule has 0 aliphatic carbocycles. The van der Waals surface area contributed by atoms with Crippen LogP contribution in [0.2, 0.25) is 0 Å². The molecular weight excluding hydrogens is 268 g/mol. The zero-order valence-corrected chi connectivity index (χ0v) is 11.1. The standard InChI is InChI=1S/C13H15BrO2/c1-3-4-5-12(15)9-10-8-11(14)6-7-13(10)16-2/h4-8H,3,9H2,1-2H3/b5-4+. The molecular formula is C13H15BrO2. The second kappa shape index (κ2) is 6.48. The first kappa shape index (κ1) is 13.0. The van der Waals surface area contributed by atoms with Gasteiger partial charge >= 0.3 is 0 Å². The minimum atomic E-state index is 0.0956. The van der Waals surface area contributed by atoms with Crippen LogP contribution in [0.5, 0.6) is 5.75 Å². The molecule has 0 aromatic heterocycles. The predicted molar refractivity (Wildman–Crippen MR) is 68.8 cm³/mol. The molecule has 3 heteroatoms. The van der Waals surface area contributed by atoms with Gasteiger partial charge in [-0.25, -0.2) is 0 Å². The van der Waals surface area contributed by atoms with Crippen molar-refractivity contribution in [1.82, 2.24) is 0 Å². The van der Waals surface area contributed by atoms with Crippen molar-refractivity contribution in [3.05, 3.63) is 40.4 Å². The Morgan fingerprint density at radius 3 is 2.88 bits per heavy atom. The van der Waals surface area contributed by atoms with E-state index in [9.17, 15) is 4.79 Å². The minimum absolute atomic E-state index is 0.0956. The molecule has 0 fully saturated rings. The van der Waals surface area contributed by atoms with Crippen LogP contribution in [0.4, 0.5) is 0 Å². The van der Waals surface area contributed by atoms with Gasteiger partial charge < -0.3 is 4.74 Å². The molecule has 0 spiro atoms. The largest absolute Gasteiger partial charge is 0.496 e. The maximum absolute atomic E-state index is 11.6. The Morgan fingerprint density at radius 2 is 2.25 bits per heavy atom. The first-order valence-corrected chi connectivity index (χ1v) is 5.98. The van der Waals surface area contributed by atoms with Crippen LogP contribution >= 0.6 is 15.9 Å². The topological polar surface area (TPSA) is 26.3 Å². The Labute approximate surface area is 104 Å². The van der Waals surface area contributed by atoms with Crippen molar-refractivity contribution in [2.75, 3.05) is 7.11 Å². The first-order valence-electron chi connectivity index (χ1n) is 5.19. The number of methoxy groups -OCH3 is 1. The number of hydrogen-bond acceptors (Lipinski definition) is 2. The third-order valence-corrected chi connectivity index (χ3v) is 2.64. The molecule has 0 saturated carbocycles. The lowest BCUT2D eigenvalue weighted by Crippen LogP contribution is -2.01. The molecule has 16 heavy (non-hydrogen) atoms. The molecule has 0 unspecified atom stereocenters. The zero-order valence-electron chi connectivity index (χ0n) is 9.50. The summed E-state index contributed by atoms with van der Waals surface area (Å²) in [6, 6.07) is 5.67. The Balaban J connectivity index is 2.83. The molecule has 0 heterocycles. The number of rotatable bonds is 5. The summed E-state index contributed by atoms with van der Waals surface area (Å²) in [7, 11) is 1.61. The Kier molecular flexibility index (Phi) is 5.26. The molecule has 0 amide bonds. The molecule has 0 N–H and O–H groups in total. The van der Waals surface area contributed by atoms with E-state index < -0.39 is 0 Å². The van der Waals surface area contributed by atoms with E-state index in [-0.39, 0.29) is 5.78 Å². The number of hydrogen-bond donors (Lipinski definition) is 0. The molecule has 0 atom stereocenters. The SMILES string of the molecule is CC/C=C/C(=O)Cc1cc(Br)ccc1OC. The predicted octanol–water partition coefficient (Wildman–Crippen LogP) is 3.54. The van der Waals surface area contributed by atoms with Crippen molar-refractivity contribution in [3.63, 3.8) is 0 Å². The molecule has 0 bridgehead atoms. The maximum atomic E-state index is 11.6. The quantitative estimate of drug-likeness (QED) is 0.773. The van der Waals surface area contributed by atoms with Crippen LogP contribution in [0, 0.1) is 0 Å². The van der Waals surface area contributed by atoms with E-state index in [0.29, 0.717) is 6.42 Å². The van der Waals surface area contributed by atoms with Crippen molar-refractivity contribution in [2.24, 2.45) is 0 Å². The van der Waals surface area contributed by atoms with Crippen molar-refractivity contribution in [3.8, 4) is 5.75 Å². The number of carbonyl (C=O) groups excluding carboxylic acids is 1. The number of ketones is 1. The summed E-state index contributed by atoms with van der Waals surface area (Å²) in [6.07, 6.45) is 4.74. The number of ether oxygens (including phenoxy) is 1. The van der Waals surface area contributed by atoms with E-state index in [1.54, 1.807) is 13.2 Å². The zero-order chi connectivity index (χ0) is 12.0. The fraction of sp³-hybridized carbons (Fsp3) is 0.308. The molecule has 1 rings (SSSR count). The summed E-state index contributed by atoms with van der Waals surface area (Å²) in [5.74, 6) is 0.847. The Hall–Kier alpha value is -1.09. The summed E-state index contributed by atoms with van der Waals surface area (Å²) in [6.45, 7) is 2.00. The van der Waals surface area contributed by atoms with Crippen LogP contribution in [0.1, 0.15) is 18.9 Å². The van der Waals surface area contributed by atoms with E-state index in [1.807, 2.05) is 31.2 Å². The molecule has 2 nitrogen and oxygen atoms in total. The van der Waals surface area contributed by atoms with E-state index in [1.165, 1.54) is 0 Å².